The van der Waals surface area contributed by atoms with Crippen LogP contribution in [-0.2, 0) is 0 Å². The molecule has 0 saturated heterocycles. The fourth-order valence-electron chi connectivity index (χ4n) is 1.22. The zero-order chi connectivity index (χ0) is 14.6. The molecule has 8 heteroatoms. The maximum atomic E-state index is 12.2. The van der Waals surface area contributed by atoms with Crippen LogP contribution in [0.25, 0.3) is 0 Å². The lowest BCUT2D eigenvalue weighted by Gasteiger charge is -2.14. The van der Waals surface area contributed by atoms with Gasteiger partial charge in [-0.2, -0.15) is 8.78 Å². The topological polar surface area (TPSA) is 72.6 Å². The summed E-state index contributed by atoms with van der Waals surface area (Å²) < 4.78 is 28.5. The summed E-state index contributed by atoms with van der Waals surface area (Å²) in [5.74, 6) is -0.484. The molecule has 2 atom stereocenters. The van der Waals surface area contributed by atoms with Crippen molar-refractivity contribution in [2.24, 2.45) is 0 Å². The normalized spacial score (nSPS) is 14.2. The van der Waals surface area contributed by atoms with Crippen LogP contribution in [0.1, 0.15) is 13.8 Å². The van der Waals surface area contributed by atoms with Gasteiger partial charge in [0.05, 0.1) is 11.0 Å². The molecule has 0 aliphatic rings. The third-order valence-corrected chi connectivity index (χ3v) is 3.64. The SMILES string of the molecule is CC(O)C(C)Sc1ccc([N+](=O)[O-])c(OC(F)F)c1. The number of thioether (sulfide) groups is 1. The predicted octanol–water partition coefficient (Wildman–Crippen LogP) is 3.06. The third-order valence-electron chi connectivity index (χ3n) is 2.35. The van der Waals surface area contributed by atoms with E-state index in [1.807, 2.05) is 0 Å². The Hall–Kier alpha value is -1.41. The van der Waals surface area contributed by atoms with Crippen molar-refractivity contribution in [1.29, 1.82) is 0 Å². The van der Waals surface area contributed by atoms with Gasteiger partial charge in [-0.05, 0) is 13.0 Å². The highest BCUT2D eigenvalue weighted by atomic mass is 32.2. The van der Waals surface area contributed by atoms with Crippen molar-refractivity contribution < 1.29 is 23.5 Å². The molecule has 5 nitrogen and oxygen atoms in total. The quantitative estimate of drug-likeness (QED) is 0.496. The summed E-state index contributed by atoms with van der Waals surface area (Å²) in [5.41, 5.74) is -0.519. The van der Waals surface area contributed by atoms with Gasteiger partial charge in [0.1, 0.15) is 0 Å². The molecule has 0 spiro atoms. The molecule has 0 radical (unpaired) electrons. The summed E-state index contributed by atoms with van der Waals surface area (Å²) in [6.45, 7) is 0.220. The Morgan fingerprint density at radius 3 is 2.53 bits per heavy atom. The second-order valence-corrected chi connectivity index (χ2v) is 5.28. The standard InChI is InChI=1S/C11H13F2NO4S/c1-6(15)7(2)19-8-3-4-9(14(16)17)10(5-8)18-11(12)13/h3-7,11,15H,1-2H3. The average molecular weight is 293 g/mol. The first-order chi connectivity index (χ1) is 8.81. The van der Waals surface area contributed by atoms with Crippen molar-refractivity contribution in [3.8, 4) is 5.75 Å². The van der Waals surface area contributed by atoms with Crippen molar-refractivity contribution in [2.45, 2.75) is 36.7 Å². The first kappa shape index (κ1) is 15.6. The molecule has 19 heavy (non-hydrogen) atoms. The summed E-state index contributed by atoms with van der Waals surface area (Å²) in [6, 6.07) is 3.71. The molecule has 0 bridgehead atoms. The van der Waals surface area contributed by atoms with Crippen LogP contribution < -0.4 is 4.74 Å². The number of aliphatic hydroxyl groups is 1. The van der Waals surface area contributed by atoms with Gasteiger partial charge in [0.15, 0.2) is 0 Å². The van der Waals surface area contributed by atoms with E-state index in [-0.39, 0.29) is 5.25 Å². The van der Waals surface area contributed by atoms with Gasteiger partial charge in [0.2, 0.25) is 5.75 Å². The number of aliphatic hydroxyl groups excluding tert-OH is 1. The van der Waals surface area contributed by atoms with Crippen molar-refractivity contribution in [3.63, 3.8) is 0 Å². The van der Waals surface area contributed by atoms with E-state index >= 15 is 0 Å². The first-order valence-corrected chi connectivity index (χ1v) is 6.27. The van der Waals surface area contributed by atoms with E-state index in [0.29, 0.717) is 4.90 Å². The Labute approximate surface area is 112 Å². The van der Waals surface area contributed by atoms with Crippen LogP contribution in [0.4, 0.5) is 14.5 Å². The largest absolute Gasteiger partial charge is 0.427 e. The summed E-state index contributed by atoms with van der Waals surface area (Å²) in [6.07, 6.45) is -0.598. The number of nitro groups is 1. The van der Waals surface area contributed by atoms with E-state index < -0.39 is 29.1 Å². The minimum atomic E-state index is -3.13. The van der Waals surface area contributed by atoms with Gasteiger partial charge in [0.25, 0.3) is 0 Å². The van der Waals surface area contributed by atoms with Crippen molar-refractivity contribution >= 4 is 17.4 Å². The molecule has 2 unspecified atom stereocenters. The molecule has 0 saturated carbocycles. The fourth-order valence-corrected chi connectivity index (χ4v) is 2.17. The van der Waals surface area contributed by atoms with Crippen LogP contribution in [0.15, 0.2) is 23.1 Å². The lowest BCUT2D eigenvalue weighted by atomic mass is 10.3. The number of nitrogens with zero attached hydrogens (tertiary/aromatic N) is 1. The molecular weight excluding hydrogens is 280 g/mol. The van der Waals surface area contributed by atoms with E-state index in [4.69, 9.17) is 0 Å². The van der Waals surface area contributed by atoms with Gasteiger partial charge >= 0.3 is 12.3 Å². The van der Waals surface area contributed by atoms with E-state index in [9.17, 15) is 24.0 Å². The molecule has 1 N–H and O–H groups in total. The van der Waals surface area contributed by atoms with Crippen LogP contribution >= 0.6 is 11.8 Å². The lowest BCUT2D eigenvalue weighted by molar-refractivity contribution is -0.386. The van der Waals surface area contributed by atoms with Gasteiger partial charge in [-0.1, -0.05) is 6.92 Å². The highest BCUT2D eigenvalue weighted by Crippen LogP contribution is 2.35. The highest BCUT2D eigenvalue weighted by molar-refractivity contribution is 8.00. The lowest BCUT2D eigenvalue weighted by Crippen LogP contribution is -2.14. The highest BCUT2D eigenvalue weighted by Gasteiger charge is 2.20. The van der Waals surface area contributed by atoms with Gasteiger partial charge in [0, 0.05) is 22.3 Å². The molecule has 106 valence electrons. The minimum absolute atomic E-state index is 0.180. The monoisotopic (exact) mass is 293 g/mol. The average Bonchev–Trinajstić information content (AvgIpc) is 2.27. The maximum Gasteiger partial charge on any atom is 0.387 e. The molecule has 0 amide bonds. The summed E-state index contributed by atoms with van der Waals surface area (Å²) in [5, 5.41) is 19.9. The predicted molar refractivity (Wildman–Crippen MR) is 66.7 cm³/mol. The summed E-state index contributed by atoms with van der Waals surface area (Å²) in [4.78, 5) is 10.4. The Morgan fingerprint density at radius 1 is 1.42 bits per heavy atom. The number of ether oxygens (including phenoxy) is 1. The van der Waals surface area contributed by atoms with Gasteiger partial charge in [-0.15, -0.1) is 11.8 Å². The van der Waals surface area contributed by atoms with Gasteiger partial charge in [-0.25, -0.2) is 0 Å². The zero-order valence-electron chi connectivity index (χ0n) is 10.2. The van der Waals surface area contributed by atoms with E-state index in [1.165, 1.54) is 23.9 Å². The van der Waals surface area contributed by atoms with Crippen molar-refractivity contribution in [1.82, 2.24) is 0 Å². The van der Waals surface area contributed by atoms with Crippen LogP contribution in [0.2, 0.25) is 0 Å². The molecule has 0 fully saturated rings. The number of rotatable bonds is 6. The second-order valence-electron chi connectivity index (χ2n) is 3.83. The minimum Gasteiger partial charge on any atom is -0.427 e. The molecule has 1 rings (SSSR count). The molecule has 1 aromatic rings. The maximum absolute atomic E-state index is 12.2. The van der Waals surface area contributed by atoms with Crippen LogP contribution in [0, 0.1) is 10.1 Å². The van der Waals surface area contributed by atoms with E-state index in [2.05, 4.69) is 4.74 Å². The number of hydrogen-bond donors (Lipinski definition) is 1. The van der Waals surface area contributed by atoms with Crippen LogP contribution in [0.5, 0.6) is 5.75 Å². The smallest absolute Gasteiger partial charge is 0.387 e. The number of alkyl halides is 2. The first-order valence-electron chi connectivity index (χ1n) is 5.39. The zero-order valence-corrected chi connectivity index (χ0v) is 11.1. The molecule has 0 aromatic heterocycles. The molecule has 0 heterocycles. The Bertz CT molecular complexity index is 456. The Balaban J connectivity index is 3.00. The molecule has 0 aliphatic carbocycles. The van der Waals surface area contributed by atoms with Crippen molar-refractivity contribution in [3.05, 3.63) is 28.3 Å². The molecule has 1 aromatic carbocycles. The number of hydrogen-bond acceptors (Lipinski definition) is 5. The number of nitro benzene ring substituents is 1. The third kappa shape index (κ3) is 4.64. The van der Waals surface area contributed by atoms with Gasteiger partial charge < -0.3 is 9.84 Å². The van der Waals surface area contributed by atoms with Crippen LogP contribution in [0.3, 0.4) is 0 Å². The molecule has 0 aliphatic heterocycles. The van der Waals surface area contributed by atoms with E-state index in [0.717, 1.165) is 6.07 Å². The van der Waals surface area contributed by atoms with Gasteiger partial charge in [-0.3, -0.25) is 10.1 Å². The molecular formula is C11H13F2NO4S. The van der Waals surface area contributed by atoms with Crippen LogP contribution in [-0.4, -0.2) is 28.0 Å². The second kappa shape index (κ2) is 6.67. The fraction of sp³-hybridized carbons (Fsp3) is 0.455. The Morgan fingerprint density at radius 2 is 2.05 bits per heavy atom. The van der Waals surface area contributed by atoms with Crippen molar-refractivity contribution in [2.75, 3.05) is 0 Å². The summed E-state index contributed by atoms with van der Waals surface area (Å²) >= 11 is 1.22. The number of benzene rings is 1. The Kier molecular flexibility index (Phi) is 5.49. The summed E-state index contributed by atoms with van der Waals surface area (Å²) in [7, 11) is 0. The number of halogens is 2. The van der Waals surface area contributed by atoms with E-state index in [1.54, 1.807) is 13.8 Å².